The van der Waals surface area contributed by atoms with Gasteiger partial charge < -0.3 is 15.1 Å². The van der Waals surface area contributed by atoms with Gasteiger partial charge in [0.1, 0.15) is 5.69 Å². The second-order valence-corrected chi connectivity index (χ2v) is 9.62. The van der Waals surface area contributed by atoms with Crippen LogP contribution in [0.3, 0.4) is 0 Å². The van der Waals surface area contributed by atoms with Crippen LogP contribution in [0.5, 0.6) is 0 Å². The molecule has 0 aromatic carbocycles. The molecule has 1 amide bonds. The Balaban J connectivity index is 1.31. The van der Waals surface area contributed by atoms with E-state index < -0.39 is 0 Å². The molecule has 2 aliphatic heterocycles. The van der Waals surface area contributed by atoms with Gasteiger partial charge in [-0.1, -0.05) is 31.1 Å². The lowest BCUT2D eigenvalue weighted by Crippen LogP contribution is -2.36. The van der Waals surface area contributed by atoms with E-state index in [0.717, 1.165) is 42.2 Å². The van der Waals surface area contributed by atoms with E-state index in [-0.39, 0.29) is 5.91 Å². The van der Waals surface area contributed by atoms with Gasteiger partial charge in [0.15, 0.2) is 0 Å². The second-order valence-electron chi connectivity index (χ2n) is 8.69. The van der Waals surface area contributed by atoms with Crippen LogP contribution in [0, 0.1) is 5.92 Å². The van der Waals surface area contributed by atoms with Gasteiger partial charge in [0.05, 0.1) is 0 Å². The predicted molar refractivity (Wildman–Crippen MR) is 122 cm³/mol. The van der Waals surface area contributed by atoms with Crippen LogP contribution in [0.2, 0.25) is 0 Å². The van der Waals surface area contributed by atoms with Crippen LogP contribution < -0.4 is 10.2 Å². The Bertz CT molecular complexity index is 810. The van der Waals surface area contributed by atoms with Gasteiger partial charge in [-0.05, 0) is 63.2 Å². The minimum absolute atomic E-state index is 0.0430. The number of hydrogen-bond donors (Lipinski definition) is 1. The Morgan fingerprint density at radius 3 is 2.73 bits per heavy atom. The van der Waals surface area contributed by atoms with E-state index in [9.17, 15) is 4.79 Å². The van der Waals surface area contributed by atoms with Crippen molar-refractivity contribution in [1.82, 2.24) is 25.0 Å². The van der Waals surface area contributed by atoms with Crippen molar-refractivity contribution in [3.05, 3.63) is 24.0 Å². The number of nitrogens with one attached hydrogen (secondary N) is 1. The second kappa shape index (κ2) is 10.4. The van der Waals surface area contributed by atoms with E-state index >= 15 is 0 Å². The SMILES string of the molecule is C[C@@H]1CCCN(CCCNC(=O)c2cccn2-c2nnc(N3CCCCCC3)s2)C1. The van der Waals surface area contributed by atoms with Gasteiger partial charge in [0.25, 0.3) is 5.91 Å². The number of carbonyl (C=O) groups excluding carboxylic acids is 1. The molecule has 2 aromatic heterocycles. The fraction of sp³-hybridized carbons (Fsp3) is 0.682. The van der Waals surface area contributed by atoms with Crippen LogP contribution in [0.25, 0.3) is 5.13 Å². The maximum absolute atomic E-state index is 12.8. The monoisotopic (exact) mass is 430 g/mol. The molecule has 4 rings (SSSR count). The summed E-state index contributed by atoms with van der Waals surface area (Å²) in [4.78, 5) is 17.6. The Labute approximate surface area is 183 Å². The van der Waals surface area contributed by atoms with Gasteiger partial charge >= 0.3 is 0 Å². The average Bonchev–Trinajstić information content (AvgIpc) is 3.35. The van der Waals surface area contributed by atoms with E-state index in [0.29, 0.717) is 12.2 Å². The molecule has 2 fully saturated rings. The maximum Gasteiger partial charge on any atom is 0.268 e. The molecule has 2 saturated heterocycles. The molecule has 0 bridgehead atoms. The molecule has 0 saturated carbocycles. The van der Waals surface area contributed by atoms with Crippen molar-refractivity contribution >= 4 is 22.4 Å². The Morgan fingerprint density at radius 1 is 1.13 bits per heavy atom. The van der Waals surface area contributed by atoms with Crippen LogP contribution in [-0.2, 0) is 0 Å². The Hall–Kier alpha value is -1.93. The van der Waals surface area contributed by atoms with Crippen LogP contribution in [0.1, 0.15) is 62.4 Å². The fourth-order valence-corrected chi connectivity index (χ4v) is 5.41. The molecular weight excluding hydrogens is 396 g/mol. The number of piperidine rings is 1. The van der Waals surface area contributed by atoms with Gasteiger partial charge in [-0.25, -0.2) is 0 Å². The van der Waals surface area contributed by atoms with Gasteiger partial charge in [-0.3, -0.25) is 9.36 Å². The highest BCUT2D eigenvalue weighted by molar-refractivity contribution is 7.17. The third-order valence-electron chi connectivity index (χ3n) is 6.15. The van der Waals surface area contributed by atoms with Crippen molar-refractivity contribution in [2.45, 2.75) is 51.9 Å². The molecule has 0 unspecified atom stereocenters. The van der Waals surface area contributed by atoms with Crippen molar-refractivity contribution < 1.29 is 4.79 Å². The molecule has 0 aliphatic carbocycles. The first kappa shape index (κ1) is 21.3. The van der Waals surface area contributed by atoms with Gasteiger partial charge in [-0.15, -0.1) is 10.2 Å². The van der Waals surface area contributed by atoms with Crippen molar-refractivity contribution in [2.75, 3.05) is 44.2 Å². The first-order chi connectivity index (χ1) is 14.7. The van der Waals surface area contributed by atoms with Crippen LogP contribution >= 0.6 is 11.3 Å². The summed E-state index contributed by atoms with van der Waals surface area (Å²) in [5.41, 5.74) is 0.625. The van der Waals surface area contributed by atoms with E-state index in [2.05, 4.69) is 32.2 Å². The van der Waals surface area contributed by atoms with E-state index in [4.69, 9.17) is 0 Å². The summed E-state index contributed by atoms with van der Waals surface area (Å²) >= 11 is 1.57. The van der Waals surface area contributed by atoms with Gasteiger partial charge in [0, 0.05) is 32.4 Å². The first-order valence-electron chi connectivity index (χ1n) is 11.5. The lowest BCUT2D eigenvalue weighted by Gasteiger charge is -2.30. The summed E-state index contributed by atoms with van der Waals surface area (Å²) in [5.74, 6) is 0.751. The first-order valence-corrected chi connectivity index (χ1v) is 12.3. The molecule has 1 atom stereocenters. The lowest BCUT2D eigenvalue weighted by atomic mass is 10.0. The number of rotatable bonds is 7. The van der Waals surface area contributed by atoms with Crippen molar-refractivity contribution in [3.8, 4) is 5.13 Å². The zero-order chi connectivity index (χ0) is 20.8. The normalized spacial score (nSPS) is 20.8. The number of nitrogens with zero attached hydrogens (tertiary/aromatic N) is 5. The molecule has 7 nitrogen and oxygen atoms in total. The smallest absolute Gasteiger partial charge is 0.268 e. The van der Waals surface area contributed by atoms with Crippen LogP contribution in [0.4, 0.5) is 5.13 Å². The third-order valence-corrected chi connectivity index (χ3v) is 7.13. The number of carbonyl (C=O) groups is 1. The summed E-state index contributed by atoms with van der Waals surface area (Å²) in [6.07, 6.45) is 10.5. The highest BCUT2D eigenvalue weighted by Gasteiger charge is 2.19. The molecule has 0 spiro atoms. The van der Waals surface area contributed by atoms with E-state index in [1.54, 1.807) is 11.3 Å². The Kier molecular flexibility index (Phi) is 7.38. The largest absolute Gasteiger partial charge is 0.351 e. The number of likely N-dealkylation sites (tertiary alicyclic amines) is 1. The quantitative estimate of drug-likeness (QED) is 0.681. The zero-order valence-electron chi connectivity index (χ0n) is 18.1. The number of amides is 1. The van der Waals surface area contributed by atoms with E-state index in [1.165, 1.54) is 51.6 Å². The molecule has 164 valence electrons. The molecule has 2 aromatic rings. The summed E-state index contributed by atoms with van der Waals surface area (Å²) in [5, 5.41) is 13.6. The number of aromatic nitrogens is 3. The van der Waals surface area contributed by atoms with Crippen LogP contribution in [0.15, 0.2) is 18.3 Å². The summed E-state index contributed by atoms with van der Waals surface area (Å²) in [7, 11) is 0. The minimum Gasteiger partial charge on any atom is -0.351 e. The molecule has 0 radical (unpaired) electrons. The molecule has 1 N–H and O–H groups in total. The maximum atomic E-state index is 12.8. The summed E-state index contributed by atoms with van der Waals surface area (Å²) < 4.78 is 1.86. The molecule has 2 aliphatic rings. The van der Waals surface area contributed by atoms with Crippen molar-refractivity contribution in [2.24, 2.45) is 5.92 Å². The van der Waals surface area contributed by atoms with Gasteiger partial charge in [-0.2, -0.15) is 0 Å². The summed E-state index contributed by atoms with van der Waals surface area (Å²) in [6.45, 7) is 8.55. The highest BCUT2D eigenvalue weighted by atomic mass is 32.1. The predicted octanol–water partition coefficient (Wildman–Crippen LogP) is 3.56. The van der Waals surface area contributed by atoms with Gasteiger partial charge in [0.2, 0.25) is 10.3 Å². The van der Waals surface area contributed by atoms with Crippen LogP contribution in [-0.4, -0.2) is 64.8 Å². The lowest BCUT2D eigenvalue weighted by molar-refractivity contribution is 0.0943. The van der Waals surface area contributed by atoms with Crippen molar-refractivity contribution in [3.63, 3.8) is 0 Å². The van der Waals surface area contributed by atoms with Crippen molar-refractivity contribution in [1.29, 1.82) is 0 Å². The topological polar surface area (TPSA) is 66.3 Å². The fourth-order valence-electron chi connectivity index (χ4n) is 4.51. The minimum atomic E-state index is -0.0430. The molecule has 4 heterocycles. The summed E-state index contributed by atoms with van der Waals surface area (Å²) in [6, 6.07) is 3.76. The zero-order valence-corrected chi connectivity index (χ0v) is 18.9. The number of hydrogen-bond acceptors (Lipinski definition) is 6. The highest BCUT2D eigenvalue weighted by Crippen LogP contribution is 2.26. The van der Waals surface area contributed by atoms with E-state index in [1.807, 2.05) is 22.9 Å². The Morgan fingerprint density at radius 2 is 1.93 bits per heavy atom. The third kappa shape index (κ3) is 5.40. The average molecular weight is 431 g/mol. The molecular formula is C22H34N6OS. The molecule has 8 heteroatoms. The number of anilines is 1. The standard InChI is InChI=1S/C22H34N6OS/c1-18-9-6-12-26(17-18)13-8-11-23-20(29)19-10-7-16-28(19)22-25-24-21(30-22)27-14-4-2-3-5-15-27/h7,10,16,18H,2-6,8-9,11-15,17H2,1H3,(H,23,29)/t18-/m1/s1. The molecule has 30 heavy (non-hydrogen) atoms.